The van der Waals surface area contributed by atoms with Crippen molar-refractivity contribution in [1.29, 1.82) is 0 Å². The summed E-state index contributed by atoms with van der Waals surface area (Å²) in [4.78, 5) is 26.2. The van der Waals surface area contributed by atoms with E-state index in [2.05, 4.69) is 26.2 Å². The Morgan fingerprint density at radius 3 is 2.80 bits per heavy atom. The van der Waals surface area contributed by atoms with E-state index >= 15 is 0 Å². The van der Waals surface area contributed by atoms with E-state index in [-0.39, 0.29) is 16.5 Å². The molecule has 0 unspecified atom stereocenters. The number of rotatable bonds is 3. The molecule has 1 amide bonds. The third kappa shape index (κ3) is 2.94. The third-order valence-corrected chi connectivity index (χ3v) is 3.82. The van der Waals surface area contributed by atoms with Crippen LogP contribution >= 0.6 is 27.3 Å². The molecule has 0 aliphatic carbocycles. The van der Waals surface area contributed by atoms with Crippen molar-refractivity contribution in [1.82, 2.24) is 4.98 Å². The van der Waals surface area contributed by atoms with E-state index in [9.17, 15) is 14.9 Å². The van der Waals surface area contributed by atoms with Gasteiger partial charge in [0.25, 0.3) is 11.6 Å². The molecular formula is C11H9BrN4O3S. The van der Waals surface area contributed by atoms with Crippen molar-refractivity contribution in [2.24, 2.45) is 0 Å². The number of nitro benzene ring substituents is 1. The average molecular weight is 357 g/mol. The van der Waals surface area contributed by atoms with Gasteiger partial charge in [0, 0.05) is 21.5 Å². The average Bonchev–Trinajstić information content (AvgIpc) is 2.79. The maximum Gasteiger partial charge on any atom is 0.275 e. The van der Waals surface area contributed by atoms with Gasteiger partial charge in [0.1, 0.15) is 5.69 Å². The molecule has 0 atom stereocenters. The highest BCUT2D eigenvalue weighted by Crippen LogP contribution is 2.31. The zero-order valence-electron chi connectivity index (χ0n) is 10.2. The van der Waals surface area contributed by atoms with Crippen LogP contribution in [0.4, 0.5) is 16.5 Å². The summed E-state index contributed by atoms with van der Waals surface area (Å²) in [6.07, 6.45) is 0. The number of thiazole rings is 1. The van der Waals surface area contributed by atoms with Crippen LogP contribution in [-0.2, 0) is 0 Å². The largest absolute Gasteiger partial charge is 0.375 e. The molecule has 1 aromatic heterocycles. The number of hydrogen-bond donors (Lipinski definition) is 2. The van der Waals surface area contributed by atoms with Crippen LogP contribution in [0.25, 0.3) is 0 Å². The molecule has 2 aromatic rings. The lowest BCUT2D eigenvalue weighted by molar-refractivity contribution is -0.385. The van der Waals surface area contributed by atoms with Crippen LogP contribution in [0.3, 0.4) is 0 Å². The van der Waals surface area contributed by atoms with Crippen molar-refractivity contribution in [3.05, 3.63) is 43.4 Å². The Hall–Kier alpha value is -2.00. The Morgan fingerprint density at radius 1 is 1.55 bits per heavy atom. The van der Waals surface area contributed by atoms with Crippen LogP contribution in [-0.4, -0.2) is 15.8 Å². The number of nitro groups is 1. The summed E-state index contributed by atoms with van der Waals surface area (Å²) in [7, 11) is 0. The fraction of sp³-hybridized carbons (Fsp3) is 0.0909. The van der Waals surface area contributed by atoms with Crippen molar-refractivity contribution in [3.63, 3.8) is 0 Å². The molecule has 20 heavy (non-hydrogen) atoms. The minimum absolute atomic E-state index is 0.0682. The van der Waals surface area contributed by atoms with E-state index in [1.54, 1.807) is 13.0 Å². The number of anilines is 2. The fourth-order valence-corrected chi connectivity index (χ4v) is 2.63. The maximum absolute atomic E-state index is 11.9. The van der Waals surface area contributed by atoms with Crippen LogP contribution in [0.1, 0.15) is 16.1 Å². The first-order valence-corrected chi connectivity index (χ1v) is 7.02. The molecule has 3 N–H and O–H groups in total. The number of halogens is 1. The van der Waals surface area contributed by atoms with E-state index in [1.165, 1.54) is 11.4 Å². The molecule has 0 fully saturated rings. The molecule has 9 heteroatoms. The molecule has 1 aromatic carbocycles. The lowest BCUT2D eigenvalue weighted by Gasteiger charge is -2.07. The van der Waals surface area contributed by atoms with Gasteiger partial charge in [0.15, 0.2) is 5.13 Å². The van der Waals surface area contributed by atoms with Gasteiger partial charge in [0.05, 0.1) is 10.6 Å². The Labute approximate surface area is 126 Å². The van der Waals surface area contributed by atoms with Crippen molar-refractivity contribution in [2.75, 3.05) is 11.1 Å². The molecule has 0 aliphatic heterocycles. The number of benzene rings is 1. The van der Waals surface area contributed by atoms with Gasteiger partial charge in [-0.25, -0.2) is 4.98 Å². The number of nitrogen functional groups attached to an aromatic ring is 1. The molecule has 104 valence electrons. The fourth-order valence-electron chi connectivity index (χ4n) is 1.53. The number of nitrogens with zero attached hydrogens (tertiary/aromatic N) is 2. The van der Waals surface area contributed by atoms with Crippen LogP contribution in [0.15, 0.2) is 22.0 Å². The standard InChI is InChI=1S/C11H9BrN4O3S/c1-5-2-6(12)7(3-9(5)16(18)19)14-10(17)8-4-20-11(13)15-8/h2-4H,1H3,(H2,13,15)(H,14,17). The number of aryl methyl sites for hydroxylation is 1. The molecule has 0 bridgehead atoms. The molecule has 0 radical (unpaired) electrons. The highest BCUT2D eigenvalue weighted by atomic mass is 79.9. The van der Waals surface area contributed by atoms with E-state index in [4.69, 9.17) is 5.73 Å². The second-order valence-electron chi connectivity index (χ2n) is 3.90. The Kier molecular flexibility index (Phi) is 4.00. The van der Waals surface area contributed by atoms with Crippen LogP contribution in [0.5, 0.6) is 0 Å². The molecule has 0 saturated heterocycles. The Balaban J connectivity index is 2.31. The number of amides is 1. The normalized spacial score (nSPS) is 10.3. The highest BCUT2D eigenvalue weighted by molar-refractivity contribution is 9.10. The van der Waals surface area contributed by atoms with Gasteiger partial charge in [0.2, 0.25) is 0 Å². The SMILES string of the molecule is Cc1cc(Br)c(NC(=O)c2csc(N)n2)cc1[N+](=O)[O-]. The summed E-state index contributed by atoms with van der Waals surface area (Å²) in [6, 6.07) is 2.87. The molecule has 0 aliphatic rings. The predicted molar refractivity (Wildman–Crippen MR) is 80.0 cm³/mol. The van der Waals surface area contributed by atoms with Crippen LogP contribution in [0.2, 0.25) is 0 Å². The van der Waals surface area contributed by atoms with E-state index < -0.39 is 10.8 Å². The summed E-state index contributed by atoms with van der Waals surface area (Å²) < 4.78 is 0.553. The Bertz CT molecular complexity index is 701. The summed E-state index contributed by atoms with van der Waals surface area (Å²) >= 11 is 4.40. The second-order valence-corrected chi connectivity index (χ2v) is 5.64. The summed E-state index contributed by atoms with van der Waals surface area (Å²) in [5.74, 6) is -0.475. The van der Waals surface area contributed by atoms with Gasteiger partial charge in [-0.15, -0.1) is 11.3 Å². The number of carbonyl (C=O) groups is 1. The molecular weight excluding hydrogens is 348 g/mol. The first kappa shape index (κ1) is 14.4. The van der Waals surface area contributed by atoms with Crippen molar-refractivity contribution >= 4 is 49.7 Å². The summed E-state index contributed by atoms with van der Waals surface area (Å²) in [5, 5.41) is 15.3. The number of carbonyl (C=O) groups excluding carboxylic acids is 1. The van der Waals surface area contributed by atoms with E-state index in [0.29, 0.717) is 15.7 Å². The van der Waals surface area contributed by atoms with Gasteiger partial charge >= 0.3 is 0 Å². The number of aromatic nitrogens is 1. The number of hydrogen-bond acceptors (Lipinski definition) is 6. The molecule has 0 saturated carbocycles. The lowest BCUT2D eigenvalue weighted by atomic mass is 10.2. The van der Waals surface area contributed by atoms with Crippen molar-refractivity contribution in [2.45, 2.75) is 6.92 Å². The van der Waals surface area contributed by atoms with Crippen molar-refractivity contribution in [3.8, 4) is 0 Å². The first-order chi connectivity index (χ1) is 9.38. The molecule has 7 nitrogen and oxygen atoms in total. The maximum atomic E-state index is 11.9. The van der Waals surface area contributed by atoms with Gasteiger partial charge in [-0.05, 0) is 28.9 Å². The number of nitrogens with two attached hydrogens (primary N) is 1. The Morgan fingerprint density at radius 2 is 2.25 bits per heavy atom. The monoisotopic (exact) mass is 356 g/mol. The second kappa shape index (κ2) is 5.55. The zero-order valence-corrected chi connectivity index (χ0v) is 12.6. The van der Waals surface area contributed by atoms with Gasteiger partial charge in [-0.3, -0.25) is 14.9 Å². The highest BCUT2D eigenvalue weighted by Gasteiger charge is 2.17. The predicted octanol–water partition coefficient (Wildman–Crippen LogP) is 2.96. The third-order valence-electron chi connectivity index (χ3n) is 2.49. The topological polar surface area (TPSA) is 111 Å². The number of nitrogens with one attached hydrogen (secondary N) is 1. The molecule has 1 heterocycles. The van der Waals surface area contributed by atoms with Gasteiger partial charge in [-0.1, -0.05) is 0 Å². The van der Waals surface area contributed by atoms with Gasteiger partial charge < -0.3 is 11.1 Å². The molecule has 2 rings (SSSR count). The quantitative estimate of drug-likeness (QED) is 0.648. The zero-order chi connectivity index (χ0) is 14.9. The first-order valence-electron chi connectivity index (χ1n) is 5.35. The van der Waals surface area contributed by atoms with Crippen molar-refractivity contribution < 1.29 is 9.72 Å². The summed E-state index contributed by atoms with van der Waals surface area (Å²) in [6.45, 7) is 1.62. The minimum Gasteiger partial charge on any atom is -0.375 e. The van der Waals surface area contributed by atoms with Crippen LogP contribution < -0.4 is 11.1 Å². The molecule has 0 spiro atoms. The smallest absolute Gasteiger partial charge is 0.275 e. The summed E-state index contributed by atoms with van der Waals surface area (Å²) in [5.41, 5.74) is 6.36. The van der Waals surface area contributed by atoms with E-state index in [1.807, 2.05) is 0 Å². The minimum atomic E-state index is -0.502. The van der Waals surface area contributed by atoms with Gasteiger partial charge in [-0.2, -0.15) is 0 Å². The lowest BCUT2D eigenvalue weighted by Crippen LogP contribution is -2.13. The van der Waals surface area contributed by atoms with Crippen LogP contribution in [0, 0.1) is 17.0 Å². The van der Waals surface area contributed by atoms with E-state index in [0.717, 1.165) is 11.3 Å².